The molecule has 31 heavy (non-hydrogen) atoms. The fourth-order valence-corrected chi connectivity index (χ4v) is 4.57. The van der Waals surface area contributed by atoms with Gasteiger partial charge in [-0.3, -0.25) is 9.10 Å². The number of aryl methyl sites for hydroxylation is 1. The van der Waals surface area contributed by atoms with Crippen molar-refractivity contribution in [3.63, 3.8) is 0 Å². The third-order valence-corrected chi connectivity index (χ3v) is 6.19. The summed E-state index contributed by atoms with van der Waals surface area (Å²) in [7, 11) is -2.16. The zero-order valence-electron chi connectivity index (χ0n) is 17.9. The molecule has 0 spiro atoms. The van der Waals surface area contributed by atoms with Gasteiger partial charge in [0.25, 0.3) is 0 Å². The van der Waals surface area contributed by atoms with E-state index in [9.17, 15) is 13.2 Å². The van der Waals surface area contributed by atoms with E-state index in [0.717, 1.165) is 27.6 Å². The lowest BCUT2D eigenvalue weighted by Crippen LogP contribution is -2.47. The highest BCUT2D eigenvalue weighted by Gasteiger charge is 2.29. The third kappa shape index (κ3) is 5.05. The van der Waals surface area contributed by atoms with E-state index in [-0.39, 0.29) is 6.54 Å². The predicted molar refractivity (Wildman–Crippen MR) is 120 cm³/mol. The van der Waals surface area contributed by atoms with E-state index in [1.54, 1.807) is 37.4 Å². The van der Waals surface area contributed by atoms with Crippen LogP contribution in [-0.4, -0.2) is 43.3 Å². The molecular weight excluding hydrogens is 416 g/mol. The molecule has 0 fully saturated rings. The maximum absolute atomic E-state index is 12.9. The highest BCUT2D eigenvalue weighted by atomic mass is 32.2. The first-order valence-corrected chi connectivity index (χ1v) is 11.6. The first-order valence-electron chi connectivity index (χ1n) is 9.71. The number of carbonyl (C=O) groups excluding carboxylic acids is 1. The summed E-state index contributed by atoms with van der Waals surface area (Å²) in [5, 5.41) is 2.86. The van der Waals surface area contributed by atoms with Crippen molar-refractivity contribution in [2.24, 2.45) is 0 Å². The molecule has 3 aromatic rings. The number of nitrogens with one attached hydrogen (secondary N) is 1. The molecule has 0 aliphatic rings. The van der Waals surface area contributed by atoms with Crippen molar-refractivity contribution in [2.45, 2.75) is 26.4 Å². The van der Waals surface area contributed by atoms with Crippen LogP contribution in [0.2, 0.25) is 0 Å². The minimum Gasteiger partial charge on any atom is -0.497 e. The molecule has 0 aliphatic heterocycles. The number of methoxy groups -OCH3 is 1. The van der Waals surface area contributed by atoms with Gasteiger partial charge in [-0.15, -0.1) is 0 Å². The number of para-hydroxylation sites is 1. The molecule has 0 unspecified atom stereocenters. The summed E-state index contributed by atoms with van der Waals surface area (Å²) < 4.78 is 33.1. The molecule has 1 heterocycles. The molecule has 0 saturated heterocycles. The minimum absolute atomic E-state index is 0.247. The van der Waals surface area contributed by atoms with Crippen LogP contribution in [0.1, 0.15) is 18.3 Å². The summed E-state index contributed by atoms with van der Waals surface area (Å²) in [5.41, 5.74) is 2.18. The Balaban J connectivity index is 1.80. The van der Waals surface area contributed by atoms with Crippen molar-refractivity contribution in [1.29, 1.82) is 0 Å². The lowest BCUT2D eigenvalue weighted by atomic mass is 10.1. The quantitative estimate of drug-likeness (QED) is 0.579. The highest BCUT2D eigenvalue weighted by molar-refractivity contribution is 7.92. The van der Waals surface area contributed by atoms with Crippen molar-refractivity contribution >= 4 is 21.6 Å². The largest absolute Gasteiger partial charge is 0.497 e. The number of anilines is 1. The summed E-state index contributed by atoms with van der Waals surface area (Å²) in [6.45, 7) is 3.71. The van der Waals surface area contributed by atoms with Crippen LogP contribution in [0.5, 0.6) is 5.75 Å². The van der Waals surface area contributed by atoms with Gasteiger partial charge in [-0.05, 0) is 49.7 Å². The van der Waals surface area contributed by atoms with Gasteiger partial charge in [0.1, 0.15) is 17.6 Å². The average molecular weight is 443 g/mol. The number of sulfonamides is 1. The first-order chi connectivity index (χ1) is 14.7. The zero-order chi connectivity index (χ0) is 22.6. The van der Waals surface area contributed by atoms with Gasteiger partial charge in [-0.2, -0.15) is 0 Å². The summed E-state index contributed by atoms with van der Waals surface area (Å²) in [6, 6.07) is 13.3. The van der Waals surface area contributed by atoms with E-state index in [4.69, 9.17) is 4.74 Å². The molecule has 164 valence electrons. The van der Waals surface area contributed by atoms with Crippen molar-refractivity contribution in [1.82, 2.24) is 14.9 Å². The van der Waals surface area contributed by atoms with Crippen LogP contribution in [0, 0.1) is 6.92 Å². The SMILES string of the molecule is COc1ccc(N([C@H](C)C(=O)NCc2ccccc2-n2ccnc2C)S(C)(=O)=O)cc1. The maximum Gasteiger partial charge on any atom is 0.243 e. The molecule has 2 aromatic carbocycles. The van der Waals surface area contributed by atoms with E-state index in [1.165, 1.54) is 7.11 Å². The normalized spacial score (nSPS) is 12.3. The molecular formula is C22H26N4O4S. The number of carbonyl (C=O) groups is 1. The monoisotopic (exact) mass is 442 g/mol. The number of imidazole rings is 1. The van der Waals surface area contributed by atoms with Crippen molar-refractivity contribution in [3.05, 3.63) is 72.3 Å². The van der Waals surface area contributed by atoms with Crippen LogP contribution in [0.4, 0.5) is 5.69 Å². The van der Waals surface area contributed by atoms with E-state index < -0.39 is 22.0 Å². The molecule has 9 heteroatoms. The summed E-state index contributed by atoms with van der Waals surface area (Å²) >= 11 is 0. The minimum atomic E-state index is -3.69. The number of aromatic nitrogens is 2. The number of benzene rings is 2. The van der Waals surface area contributed by atoms with Crippen LogP contribution in [0.25, 0.3) is 5.69 Å². The number of hydrogen-bond donors (Lipinski definition) is 1. The van der Waals surface area contributed by atoms with Crippen LogP contribution in [0.3, 0.4) is 0 Å². The standard InChI is InChI=1S/C22H26N4O4S/c1-16(26(31(4,28)29)19-9-11-20(30-3)12-10-19)22(27)24-15-18-7-5-6-8-21(18)25-14-13-23-17(25)2/h5-14,16H,15H2,1-4H3,(H,24,27)/t16-/m1/s1. The molecule has 0 aliphatic carbocycles. The number of ether oxygens (including phenoxy) is 1. The van der Waals surface area contributed by atoms with Crippen LogP contribution in [-0.2, 0) is 21.4 Å². The second-order valence-corrected chi connectivity index (χ2v) is 8.98. The Hall–Kier alpha value is -3.33. The van der Waals surface area contributed by atoms with Crippen molar-refractivity contribution in [3.8, 4) is 11.4 Å². The summed E-state index contributed by atoms with van der Waals surface area (Å²) in [4.78, 5) is 17.2. The van der Waals surface area contributed by atoms with Gasteiger partial charge < -0.3 is 14.6 Å². The van der Waals surface area contributed by atoms with Gasteiger partial charge in [0.05, 0.1) is 24.7 Å². The highest BCUT2D eigenvalue weighted by Crippen LogP contribution is 2.24. The van der Waals surface area contributed by atoms with Gasteiger partial charge in [0, 0.05) is 18.9 Å². The van der Waals surface area contributed by atoms with E-state index in [0.29, 0.717) is 11.4 Å². The molecule has 1 aromatic heterocycles. The topological polar surface area (TPSA) is 93.5 Å². The van der Waals surface area contributed by atoms with Gasteiger partial charge >= 0.3 is 0 Å². The van der Waals surface area contributed by atoms with Gasteiger partial charge in [0.15, 0.2) is 0 Å². The average Bonchev–Trinajstić information content (AvgIpc) is 3.17. The third-order valence-electron chi connectivity index (χ3n) is 4.95. The molecule has 0 bridgehead atoms. The molecule has 3 rings (SSSR count). The predicted octanol–water partition coefficient (Wildman–Crippen LogP) is 2.66. The number of amides is 1. The molecule has 0 saturated carbocycles. The van der Waals surface area contributed by atoms with E-state index in [1.807, 2.05) is 42.0 Å². The van der Waals surface area contributed by atoms with E-state index in [2.05, 4.69) is 10.3 Å². The second kappa shape index (κ2) is 9.22. The zero-order valence-corrected chi connectivity index (χ0v) is 18.8. The molecule has 1 N–H and O–H groups in total. The summed E-state index contributed by atoms with van der Waals surface area (Å²) in [6.07, 6.45) is 4.65. The maximum atomic E-state index is 12.9. The van der Waals surface area contributed by atoms with Crippen LogP contribution >= 0.6 is 0 Å². The van der Waals surface area contributed by atoms with Crippen LogP contribution in [0.15, 0.2) is 60.9 Å². The fraction of sp³-hybridized carbons (Fsp3) is 0.273. The Bertz CT molecular complexity index is 1160. The Kier molecular flexibility index (Phi) is 6.65. The first kappa shape index (κ1) is 22.4. The lowest BCUT2D eigenvalue weighted by molar-refractivity contribution is -0.122. The number of nitrogens with zero attached hydrogens (tertiary/aromatic N) is 3. The molecule has 8 nitrogen and oxygen atoms in total. The van der Waals surface area contributed by atoms with E-state index >= 15 is 0 Å². The molecule has 1 amide bonds. The van der Waals surface area contributed by atoms with Crippen molar-refractivity contribution < 1.29 is 17.9 Å². The lowest BCUT2D eigenvalue weighted by Gasteiger charge is -2.28. The second-order valence-electron chi connectivity index (χ2n) is 7.12. The van der Waals surface area contributed by atoms with Gasteiger partial charge in [0.2, 0.25) is 15.9 Å². The number of rotatable bonds is 8. The Morgan fingerprint density at radius 3 is 2.45 bits per heavy atom. The van der Waals surface area contributed by atoms with Gasteiger partial charge in [-0.25, -0.2) is 13.4 Å². The molecule has 0 radical (unpaired) electrons. The van der Waals surface area contributed by atoms with Crippen LogP contribution < -0.4 is 14.4 Å². The Labute approximate surface area is 182 Å². The summed E-state index contributed by atoms with van der Waals surface area (Å²) in [5.74, 6) is 1.02. The fourth-order valence-electron chi connectivity index (χ4n) is 3.40. The Morgan fingerprint density at radius 2 is 1.87 bits per heavy atom. The Morgan fingerprint density at radius 1 is 1.19 bits per heavy atom. The molecule has 1 atom stereocenters. The smallest absolute Gasteiger partial charge is 0.243 e. The van der Waals surface area contributed by atoms with Crippen molar-refractivity contribution in [2.75, 3.05) is 17.7 Å². The van der Waals surface area contributed by atoms with Gasteiger partial charge in [-0.1, -0.05) is 18.2 Å². The number of hydrogen-bond acceptors (Lipinski definition) is 5.